The minimum atomic E-state index is -0.534. The molecule has 6 nitrogen and oxygen atoms in total. The number of ether oxygens (including phenoxy) is 3. The van der Waals surface area contributed by atoms with E-state index in [9.17, 15) is 9.59 Å². The maximum Gasteiger partial charge on any atom is 0.313 e. The van der Waals surface area contributed by atoms with Crippen molar-refractivity contribution in [1.29, 1.82) is 0 Å². The Hall–Kier alpha value is -0.980. The molecule has 0 amide bonds. The molecule has 0 bridgehead atoms. The fourth-order valence-corrected chi connectivity index (χ4v) is 2.51. The normalized spacial score (nSPS) is 32.0. The van der Waals surface area contributed by atoms with E-state index in [0.717, 1.165) is 0 Å². The maximum absolute atomic E-state index is 11.7. The number of Topliss-reactive ketones (excluding diaryl/α,β-unsaturated/α-hetero) is 1. The second-order valence-corrected chi connectivity index (χ2v) is 4.39. The van der Waals surface area contributed by atoms with Crippen molar-refractivity contribution in [1.82, 2.24) is 0 Å². The number of esters is 1. The first-order valence-electron chi connectivity index (χ1n) is 5.86. The Morgan fingerprint density at radius 2 is 1.61 bits per heavy atom. The Labute approximate surface area is 106 Å². The topological polar surface area (TPSA) is 82.1 Å². The van der Waals surface area contributed by atoms with Gasteiger partial charge in [-0.1, -0.05) is 0 Å². The molecule has 0 aliphatic heterocycles. The minimum Gasteiger partial charge on any atom is -0.469 e. The van der Waals surface area contributed by atoms with Crippen LogP contribution in [0.2, 0.25) is 0 Å². The van der Waals surface area contributed by atoms with E-state index < -0.39 is 30.7 Å². The second kappa shape index (κ2) is 6.82. The van der Waals surface area contributed by atoms with Crippen LogP contribution in [-0.4, -0.2) is 57.0 Å². The van der Waals surface area contributed by atoms with Crippen molar-refractivity contribution in [3.8, 4) is 0 Å². The van der Waals surface area contributed by atoms with Crippen LogP contribution in [0.3, 0.4) is 0 Å². The second-order valence-electron chi connectivity index (χ2n) is 4.39. The van der Waals surface area contributed by atoms with Crippen LogP contribution in [0, 0.1) is 11.8 Å². The van der Waals surface area contributed by atoms with Gasteiger partial charge in [0, 0.05) is 20.1 Å². The number of aliphatic hydroxyl groups is 1. The summed E-state index contributed by atoms with van der Waals surface area (Å²) in [5.41, 5.74) is 0. The molecular weight excluding hydrogens is 240 g/mol. The van der Waals surface area contributed by atoms with Gasteiger partial charge in [0.2, 0.25) is 0 Å². The maximum atomic E-state index is 11.7. The largest absolute Gasteiger partial charge is 0.469 e. The van der Waals surface area contributed by atoms with E-state index >= 15 is 0 Å². The van der Waals surface area contributed by atoms with E-state index in [0.29, 0.717) is 12.8 Å². The monoisotopic (exact) mass is 260 g/mol. The zero-order valence-electron chi connectivity index (χ0n) is 10.9. The predicted octanol–water partition coefficient (Wildman–Crippen LogP) is -0.223. The van der Waals surface area contributed by atoms with Crippen molar-refractivity contribution in [2.24, 2.45) is 11.8 Å². The molecule has 2 atom stereocenters. The van der Waals surface area contributed by atoms with Crippen LogP contribution >= 0.6 is 0 Å². The van der Waals surface area contributed by atoms with Gasteiger partial charge in [0.1, 0.15) is 12.5 Å². The van der Waals surface area contributed by atoms with Gasteiger partial charge in [-0.25, -0.2) is 0 Å². The van der Waals surface area contributed by atoms with Gasteiger partial charge in [-0.05, 0) is 12.8 Å². The lowest BCUT2D eigenvalue weighted by Crippen LogP contribution is -2.48. The molecule has 0 aromatic rings. The molecule has 0 spiro atoms. The van der Waals surface area contributed by atoms with E-state index in [1.54, 1.807) is 0 Å². The smallest absolute Gasteiger partial charge is 0.313 e. The molecule has 6 heteroatoms. The molecule has 1 aliphatic rings. The van der Waals surface area contributed by atoms with Gasteiger partial charge in [-0.3, -0.25) is 9.59 Å². The Balaban J connectivity index is 2.87. The SMILES string of the molecule is COC(=O)C1C(OC)CC(C(=O)CO)CC1OC. The third-order valence-electron chi connectivity index (χ3n) is 3.52. The van der Waals surface area contributed by atoms with E-state index in [1.807, 2.05) is 0 Å². The number of ketones is 1. The van der Waals surface area contributed by atoms with Gasteiger partial charge in [0.25, 0.3) is 0 Å². The summed E-state index contributed by atoms with van der Waals surface area (Å²) in [7, 11) is 4.28. The third kappa shape index (κ3) is 3.07. The van der Waals surface area contributed by atoms with Crippen molar-refractivity contribution in [2.45, 2.75) is 25.0 Å². The molecule has 1 fully saturated rings. The molecule has 18 heavy (non-hydrogen) atoms. The Bertz CT molecular complexity index is 289. The van der Waals surface area contributed by atoms with Gasteiger partial charge in [0.15, 0.2) is 5.78 Å². The summed E-state index contributed by atoms with van der Waals surface area (Å²) in [6.07, 6.45) is -0.0706. The molecule has 0 radical (unpaired) electrons. The van der Waals surface area contributed by atoms with E-state index in [4.69, 9.17) is 19.3 Å². The highest BCUT2D eigenvalue weighted by Crippen LogP contribution is 2.34. The first kappa shape index (κ1) is 15.1. The van der Waals surface area contributed by atoms with Crippen molar-refractivity contribution in [3.05, 3.63) is 0 Å². The lowest BCUT2D eigenvalue weighted by atomic mass is 9.76. The molecule has 0 aromatic heterocycles. The minimum absolute atomic E-state index is 0.248. The summed E-state index contributed by atoms with van der Waals surface area (Å²) in [6.45, 7) is -0.500. The molecule has 0 heterocycles. The standard InChI is InChI=1S/C12H20O6/c1-16-9-4-7(8(14)6-13)5-10(17-2)11(9)12(15)18-3/h7,9-11,13H,4-6H2,1-3H3. The van der Waals surface area contributed by atoms with Crippen LogP contribution in [-0.2, 0) is 23.8 Å². The van der Waals surface area contributed by atoms with Crippen molar-refractivity contribution in [3.63, 3.8) is 0 Å². The molecule has 1 rings (SSSR count). The predicted molar refractivity (Wildman–Crippen MR) is 61.9 cm³/mol. The van der Waals surface area contributed by atoms with Gasteiger partial charge < -0.3 is 19.3 Å². The van der Waals surface area contributed by atoms with Crippen LogP contribution in [0.5, 0.6) is 0 Å². The van der Waals surface area contributed by atoms with Gasteiger partial charge in [-0.15, -0.1) is 0 Å². The first-order valence-corrected chi connectivity index (χ1v) is 5.86. The molecule has 0 saturated heterocycles. The van der Waals surface area contributed by atoms with E-state index in [-0.39, 0.29) is 11.7 Å². The summed E-state index contributed by atoms with van der Waals surface area (Å²) in [5.74, 6) is -1.52. The highest BCUT2D eigenvalue weighted by Gasteiger charge is 2.45. The van der Waals surface area contributed by atoms with Crippen LogP contribution in [0.4, 0.5) is 0 Å². The van der Waals surface area contributed by atoms with E-state index in [2.05, 4.69) is 0 Å². The molecule has 0 aromatic carbocycles. The molecule has 1 aliphatic carbocycles. The van der Waals surface area contributed by atoms with E-state index in [1.165, 1.54) is 21.3 Å². The lowest BCUT2D eigenvalue weighted by molar-refractivity contribution is -0.166. The van der Waals surface area contributed by atoms with Gasteiger partial charge >= 0.3 is 5.97 Å². The number of methoxy groups -OCH3 is 3. The summed E-state index contributed by atoms with van der Waals surface area (Å²) in [6, 6.07) is 0. The van der Waals surface area contributed by atoms with Crippen LogP contribution in [0.15, 0.2) is 0 Å². The summed E-state index contributed by atoms with van der Waals surface area (Å²) < 4.78 is 15.3. The zero-order chi connectivity index (χ0) is 13.7. The Morgan fingerprint density at radius 1 is 1.11 bits per heavy atom. The highest BCUT2D eigenvalue weighted by atomic mass is 16.5. The summed E-state index contributed by atoms with van der Waals surface area (Å²) in [4.78, 5) is 23.3. The molecule has 1 saturated carbocycles. The number of hydrogen-bond donors (Lipinski definition) is 1. The van der Waals surface area contributed by atoms with Gasteiger partial charge in [0.05, 0.1) is 19.3 Å². The van der Waals surface area contributed by atoms with Crippen molar-refractivity contribution in [2.75, 3.05) is 27.9 Å². The summed E-state index contributed by atoms with van der Waals surface area (Å²) >= 11 is 0. The first-order chi connectivity index (χ1) is 8.58. The molecular formula is C12H20O6. The van der Waals surface area contributed by atoms with Crippen LogP contribution < -0.4 is 0 Å². The number of aliphatic hydroxyl groups excluding tert-OH is 1. The lowest BCUT2D eigenvalue weighted by Gasteiger charge is -2.38. The molecule has 2 unspecified atom stereocenters. The zero-order valence-corrected chi connectivity index (χ0v) is 10.9. The fraction of sp³-hybridized carbons (Fsp3) is 0.833. The average Bonchev–Trinajstić information content (AvgIpc) is 2.43. The number of carbonyl (C=O) groups excluding carboxylic acids is 2. The van der Waals surface area contributed by atoms with Crippen molar-refractivity contribution >= 4 is 11.8 Å². The number of hydrogen-bond acceptors (Lipinski definition) is 6. The molecule has 104 valence electrons. The van der Waals surface area contributed by atoms with Gasteiger partial charge in [-0.2, -0.15) is 0 Å². The molecule has 1 N–H and O–H groups in total. The third-order valence-corrected chi connectivity index (χ3v) is 3.52. The number of rotatable bonds is 5. The fourth-order valence-electron chi connectivity index (χ4n) is 2.51. The average molecular weight is 260 g/mol. The number of carbonyl (C=O) groups is 2. The highest BCUT2D eigenvalue weighted by molar-refractivity contribution is 5.83. The Morgan fingerprint density at radius 3 is 1.94 bits per heavy atom. The quantitative estimate of drug-likeness (QED) is 0.688. The summed E-state index contributed by atoms with van der Waals surface area (Å²) in [5, 5.41) is 8.90. The van der Waals surface area contributed by atoms with Crippen molar-refractivity contribution < 1.29 is 28.9 Å². The van der Waals surface area contributed by atoms with Crippen LogP contribution in [0.1, 0.15) is 12.8 Å². The Kier molecular flexibility index (Phi) is 5.71. The van der Waals surface area contributed by atoms with Crippen LogP contribution in [0.25, 0.3) is 0 Å².